The molecular formula is C21H33N3O3S. The molecular weight excluding hydrogens is 374 g/mol. The van der Waals surface area contributed by atoms with Crippen LogP contribution in [0.4, 0.5) is 0 Å². The van der Waals surface area contributed by atoms with E-state index in [1.54, 1.807) is 12.1 Å². The third kappa shape index (κ3) is 5.13. The van der Waals surface area contributed by atoms with Crippen molar-refractivity contribution in [3.8, 4) is 0 Å². The predicted octanol–water partition coefficient (Wildman–Crippen LogP) is 2.53. The Labute approximate surface area is 169 Å². The molecule has 1 unspecified atom stereocenters. The van der Waals surface area contributed by atoms with E-state index < -0.39 is 10.0 Å². The lowest BCUT2D eigenvalue weighted by Gasteiger charge is -2.37. The number of nitrogens with zero attached hydrogens (tertiary/aromatic N) is 2. The summed E-state index contributed by atoms with van der Waals surface area (Å²) in [5.41, 5.74) is 1.04. The van der Waals surface area contributed by atoms with Crippen LogP contribution in [0.5, 0.6) is 0 Å². The molecule has 1 atom stereocenters. The van der Waals surface area contributed by atoms with E-state index in [0.29, 0.717) is 37.1 Å². The van der Waals surface area contributed by atoms with Gasteiger partial charge in [-0.3, -0.25) is 9.69 Å². The molecule has 1 heterocycles. The maximum atomic E-state index is 12.8. The zero-order chi connectivity index (χ0) is 20.1. The zero-order valence-electron chi connectivity index (χ0n) is 17.1. The maximum Gasteiger partial charge on any atom is 0.243 e. The second-order valence-corrected chi connectivity index (χ2v) is 10.1. The molecule has 2 fully saturated rings. The predicted molar refractivity (Wildman–Crippen MR) is 111 cm³/mol. The van der Waals surface area contributed by atoms with Crippen LogP contribution in [0.2, 0.25) is 0 Å². The van der Waals surface area contributed by atoms with Gasteiger partial charge in [-0.05, 0) is 38.8 Å². The number of carbonyl (C=O) groups excluding carboxylic acids is 1. The number of nitrogens with one attached hydrogen (secondary N) is 1. The van der Waals surface area contributed by atoms with Gasteiger partial charge in [0.1, 0.15) is 0 Å². The number of rotatable bonds is 5. The minimum atomic E-state index is -3.47. The van der Waals surface area contributed by atoms with Gasteiger partial charge in [-0.25, -0.2) is 8.42 Å². The van der Waals surface area contributed by atoms with Crippen molar-refractivity contribution in [2.24, 2.45) is 0 Å². The van der Waals surface area contributed by atoms with Crippen molar-refractivity contribution in [3.63, 3.8) is 0 Å². The molecule has 0 aromatic heterocycles. The molecule has 1 aliphatic heterocycles. The van der Waals surface area contributed by atoms with Crippen LogP contribution in [0.15, 0.2) is 29.2 Å². The summed E-state index contributed by atoms with van der Waals surface area (Å²) < 4.78 is 27.2. The number of amides is 1. The molecule has 6 nitrogen and oxygen atoms in total. The molecule has 156 valence electrons. The van der Waals surface area contributed by atoms with Crippen LogP contribution in [0.3, 0.4) is 0 Å². The van der Waals surface area contributed by atoms with E-state index >= 15 is 0 Å². The Kier molecular flexibility index (Phi) is 7.12. The number of piperazine rings is 1. The summed E-state index contributed by atoms with van der Waals surface area (Å²) >= 11 is 0. The highest BCUT2D eigenvalue weighted by Crippen LogP contribution is 2.20. The summed E-state index contributed by atoms with van der Waals surface area (Å²) in [6, 6.07) is 7.04. The van der Waals surface area contributed by atoms with E-state index in [0.717, 1.165) is 18.4 Å². The fraction of sp³-hybridized carbons (Fsp3) is 0.667. The van der Waals surface area contributed by atoms with Crippen LogP contribution in [0.25, 0.3) is 0 Å². The molecule has 28 heavy (non-hydrogen) atoms. The van der Waals surface area contributed by atoms with Crippen LogP contribution in [0.1, 0.15) is 51.0 Å². The second kappa shape index (κ2) is 9.37. The van der Waals surface area contributed by atoms with E-state index in [1.807, 2.05) is 26.0 Å². The first kappa shape index (κ1) is 21.3. The number of hydrogen-bond donors (Lipinski definition) is 1. The minimum absolute atomic E-state index is 0.0711. The Balaban J connectivity index is 1.53. The fourth-order valence-corrected chi connectivity index (χ4v) is 5.52. The maximum absolute atomic E-state index is 12.8. The normalized spacial score (nSPS) is 21.8. The van der Waals surface area contributed by atoms with Gasteiger partial charge < -0.3 is 5.32 Å². The first-order chi connectivity index (χ1) is 13.4. The van der Waals surface area contributed by atoms with Gasteiger partial charge in [0.25, 0.3) is 0 Å². The quantitative estimate of drug-likeness (QED) is 0.762. The molecule has 7 heteroatoms. The Bertz CT molecular complexity index is 748. The van der Waals surface area contributed by atoms with Crippen molar-refractivity contribution in [2.75, 3.05) is 26.2 Å². The lowest BCUT2D eigenvalue weighted by atomic mass is 10.1. The topological polar surface area (TPSA) is 69.7 Å². The smallest absolute Gasteiger partial charge is 0.243 e. The second-order valence-electron chi connectivity index (χ2n) is 8.13. The first-order valence-corrected chi connectivity index (χ1v) is 11.9. The third-order valence-electron chi connectivity index (χ3n) is 6.06. The van der Waals surface area contributed by atoms with Crippen molar-refractivity contribution >= 4 is 15.9 Å². The number of sulfonamides is 1. The Morgan fingerprint density at radius 2 is 1.57 bits per heavy atom. The van der Waals surface area contributed by atoms with Gasteiger partial charge >= 0.3 is 0 Å². The first-order valence-electron chi connectivity index (χ1n) is 10.5. The van der Waals surface area contributed by atoms with E-state index in [2.05, 4.69) is 10.2 Å². The molecule has 1 aromatic rings. The van der Waals surface area contributed by atoms with Crippen LogP contribution < -0.4 is 5.32 Å². The monoisotopic (exact) mass is 407 g/mol. The summed E-state index contributed by atoms with van der Waals surface area (Å²) in [5.74, 6) is 0.0711. The molecule has 1 aromatic carbocycles. The van der Waals surface area contributed by atoms with Gasteiger partial charge in [0.15, 0.2) is 0 Å². The highest BCUT2D eigenvalue weighted by atomic mass is 32.2. The van der Waals surface area contributed by atoms with Gasteiger partial charge in [0.2, 0.25) is 15.9 Å². The number of hydrogen-bond acceptors (Lipinski definition) is 4. The molecule has 1 amide bonds. The summed E-state index contributed by atoms with van der Waals surface area (Å²) in [6.45, 7) is 5.84. The van der Waals surface area contributed by atoms with Gasteiger partial charge in [0, 0.05) is 32.2 Å². The van der Waals surface area contributed by atoms with Crippen LogP contribution in [0, 0.1) is 6.92 Å². The molecule has 2 aliphatic rings. The molecule has 1 saturated carbocycles. The van der Waals surface area contributed by atoms with Crippen LogP contribution in [-0.2, 0) is 14.8 Å². The molecule has 0 spiro atoms. The van der Waals surface area contributed by atoms with Crippen molar-refractivity contribution in [1.29, 1.82) is 0 Å². The van der Waals surface area contributed by atoms with E-state index in [1.165, 1.54) is 30.0 Å². The Hall–Kier alpha value is -1.44. The van der Waals surface area contributed by atoms with E-state index in [-0.39, 0.29) is 11.9 Å². The molecule has 0 bridgehead atoms. The summed E-state index contributed by atoms with van der Waals surface area (Å²) in [4.78, 5) is 15.1. The number of carbonyl (C=O) groups is 1. The Morgan fingerprint density at radius 1 is 1.00 bits per heavy atom. The van der Waals surface area contributed by atoms with Crippen molar-refractivity contribution in [1.82, 2.24) is 14.5 Å². The zero-order valence-corrected chi connectivity index (χ0v) is 17.9. The van der Waals surface area contributed by atoms with Gasteiger partial charge in [-0.2, -0.15) is 4.31 Å². The lowest BCUT2D eigenvalue weighted by Crippen LogP contribution is -2.55. The fourth-order valence-electron chi connectivity index (χ4n) is 4.10. The highest BCUT2D eigenvalue weighted by molar-refractivity contribution is 7.89. The van der Waals surface area contributed by atoms with Crippen molar-refractivity contribution in [3.05, 3.63) is 29.8 Å². The van der Waals surface area contributed by atoms with Crippen LogP contribution >= 0.6 is 0 Å². The van der Waals surface area contributed by atoms with E-state index in [9.17, 15) is 13.2 Å². The highest BCUT2D eigenvalue weighted by Gasteiger charge is 2.32. The average molecular weight is 408 g/mol. The van der Waals surface area contributed by atoms with Gasteiger partial charge in [-0.15, -0.1) is 0 Å². The standard InChI is InChI=1S/C21H33N3O3S/c1-17-9-11-20(12-10-17)28(26,27)24-15-13-23(14-16-24)18(2)21(25)22-19-7-5-3-4-6-8-19/h9-12,18-19H,3-8,13-16H2,1-2H3,(H,22,25). The van der Waals surface area contributed by atoms with E-state index in [4.69, 9.17) is 0 Å². The summed E-state index contributed by atoms with van der Waals surface area (Å²) in [6.07, 6.45) is 7.05. The van der Waals surface area contributed by atoms with Gasteiger partial charge in [0.05, 0.1) is 10.9 Å². The third-order valence-corrected chi connectivity index (χ3v) is 7.97. The molecule has 1 saturated heterocycles. The summed E-state index contributed by atoms with van der Waals surface area (Å²) in [5, 5.41) is 3.22. The largest absolute Gasteiger partial charge is 0.352 e. The molecule has 0 radical (unpaired) electrons. The van der Waals surface area contributed by atoms with Crippen molar-refractivity contribution < 1.29 is 13.2 Å². The van der Waals surface area contributed by atoms with Crippen molar-refractivity contribution in [2.45, 2.75) is 69.4 Å². The lowest BCUT2D eigenvalue weighted by molar-refractivity contribution is -0.127. The average Bonchev–Trinajstić information content (AvgIpc) is 2.96. The Morgan fingerprint density at radius 3 is 2.14 bits per heavy atom. The minimum Gasteiger partial charge on any atom is -0.352 e. The molecule has 1 N–H and O–H groups in total. The SMILES string of the molecule is Cc1ccc(S(=O)(=O)N2CCN(C(C)C(=O)NC3CCCCCC3)CC2)cc1. The van der Waals surface area contributed by atoms with Gasteiger partial charge in [-0.1, -0.05) is 43.4 Å². The molecule has 1 aliphatic carbocycles. The number of aryl methyl sites for hydroxylation is 1. The number of benzene rings is 1. The van der Waals surface area contributed by atoms with Crippen LogP contribution in [-0.4, -0.2) is 61.8 Å². The molecule has 3 rings (SSSR count). The summed E-state index contributed by atoms with van der Waals surface area (Å²) in [7, 11) is -3.47.